The Kier molecular flexibility index (Phi) is 10.4. The van der Waals surface area contributed by atoms with Crippen LogP contribution in [0.2, 0.25) is 0 Å². The van der Waals surface area contributed by atoms with Gasteiger partial charge in [-0.3, -0.25) is 4.79 Å². The second-order valence-electron chi connectivity index (χ2n) is 8.28. The summed E-state index contributed by atoms with van der Waals surface area (Å²) in [6.07, 6.45) is 1.76. The third-order valence-electron chi connectivity index (χ3n) is 5.48. The first kappa shape index (κ1) is 27.2. The van der Waals surface area contributed by atoms with Crippen molar-refractivity contribution in [3.8, 4) is 5.75 Å². The Hall–Kier alpha value is -3.07. The van der Waals surface area contributed by atoms with Crippen LogP contribution in [0.4, 0.5) is 4.79 Å². The lowest BCUT2D eigenvalue weighted by Crippen LogP contribution is -2.51. The third-order valence-corrected chi connectivity index (χ3v) is 6.59. The van der Waals surface area contributed by atoms with Crippen molar-refractivity contribution in [3.05, 3.63) is 60.2 Å². The minimum atomic E-state index is -3.31. The molecule has 2 rings (SSSR count). The fourth-order valence-electron chi connectivity index (χ4n) is 3.21. The molecular formula is C25H34N2O6S. The summed E-state index contributed by atoms with van der Waals surface area (Å²) in [4.78, 5) is 27.1. The topological polar surface area (TPSA) is 102 Å². The molecule has 0 aliphatic rings. The highest BCUT2D eigenvalue weighted by Gasteiger charge is 2.29. The van der Waals surface area contributed by atoms with Gasteiger partial charge >= 0.3 is 6.09 Å². The maximum Gasteiger partial charge on any atom is 0.408 e. The van der Waals surface area contributed by atoms with Crippen molar-refractivity contribution in [2.75, 3.05) is 26.5 Å². The smallest absolute Gasteiger partial charge is 0.408 e. The zero-order valence-corrected chi connectivity index (χ0v) is 21.0. The molecule has 2 atom stereocenters. The Bertz CT molecular complexity index is 1040. The van der Waals surface area contributed by atoms with Gasteiger partial charge in [0.25, 0.3) is 0 Å². The predicted octanol–water partition coefficient (Wildman–Crippen LogP) is 3.66. The summed E-state index contributed by atoms with van der Waals surface area (Å²) in [5.41, 5.74) is 0.864. The molecule has 0 saturated heterocycles. The normalized spacial score (nSPS) is 12.9. The molecule has 0 aromatic heterocycles. The van der Waals surface area contributed by atoms with Gasteiger partial charge in [0.2, 0.25) is 5.91 Å². The molecule has 0 spiro atoms. The van der Waals surface area contributed by atoms with Gasteiger partial charge in [-0.05, 0) is 36.1 Å². The average Bonchev–Trinajstić information content (AvgIpc) is 2.83. The quantitative estimate of drug-likeness (QED) is 0.456. The minimum Gasteiger partial charge on any atom is -0.493 e. The summed E-state index contributed by atoms with van der Waals surface area (Å²) >= 11 is 0. The van der Waals surface area contributed by atoms with E-state index in [0.29, 0.717) is 31.7 Å². The molecule has 2 aromatic rings. The fourth-order valence-corrected chi connectivity index (χ4v) is 3.86. The van der Waals surface area contributed by atoms with Gasteiger partial charge in [0, 0.05) is 19.8 Å². The number of alkyl carbamates (subject to hydrolysis) is 1. The summed E-state index contributed by atoms with van der Waals surface area (Å²) in [5, 5.41) is 2.71. The summed E-state index contributed by atoms with van der Waals surface area (Å²) < 4.78 is 34.3. The van der Waals surface area contributed by atoms with Crippen molar-refractivity contribution in [3.63, 3.8) is 0 Å². The molecule has 0 aliphatic carbocycles. The van der Waals surface area contributed by atoms with Gasteiger partial charge in [0.05, 0.1) is 11.5 Å². The standard InChI is InChI=1S/C25H34N2O6S/c1-5-19(2)23(26-25(29)33-18-20-11-7-6-8-12-20)24(28)27(3)15-10-16-32-21-13-9-14-22(17-21)34(4,30)31/h6-9,11-14,17,19,23H,5,10,15-16,18H2,1-4H3,(H,26,29)/t19-,23-/m0/s1. The molecule has 1 N–H and O–H groups in total. The molecule has 8 nitrogen and oxygen atoms in total. The number of sulfone groups is 1. The van der Waals surface area contributed by atoms with E-state index < -0.39 is 22.0 Å². The SMILES string of the molecule is CC[C@H](C)[C@H](NC(=O)OCc1ccccc1)C(=O)N(C)CCCOc1cccc(S(C)(=O)=O)c1. The lowest BCUT2D eigenvalue weighted by molar-refractivity contribution is -0.133. The van der Waals surface area contributed by atoms with Gasteiger partial charge in [0.15, 0.2) is 9.84 Å². The van der Waals surface area contributed by atoms with Crippen molar-refractivity contribution < 1.29 is 27.5 Å². The van der Waals surface area contributed by atoms with Crippen molar-refractivity contribution >= 4 is 21.8 Å². The van der Waals surface area contributed by atoms with Crippen LogP contribution in [0.5, 0.6) is 5.75 Å². The van der Waals surface area contributed by atoms with Gasteiger partial charge in [-0.15, -0.1) is 0 Å². The monoisotopic (exact) mass is 490 g/mol. The van der Waals surface area contributed by atoms with E-state index in [-0.39, 0.29) is 23.3 Å². The average molecular weight is 491 g/mol. The molecule has 0 bridgehead atoms. The zero-order chi connectivity index (χ0) is 25.1. The number of likely N-dealkylation sites (N-methyl/N-ethyl adjacent to an activating group) is 1. The fraction of sp³-hybridized carbons (Fsp3) is 0.440. The third kappa shape index (κ3) is 8.70. The van der Waals surface area contributed by atoms with Crippen molar-refractivity contribution in [2.24, 2.45) is 5.92 Å². The first-order valence-electron chi connectivity index (χ1n) is 11.3. The lowest BCUT2D eigenvalue weighted by atomic mass is 9.98. The highest BCUT2D eigenvalue weighted by molar-refractivity contribution is 7.90. The van der Waals surface area contributed by atoms with E-state index in [0.717, 1.165) is 11.8 Å². The first-order chi connectivity index (χ1) is 16.1. The largest absolute Gasteiger partial charge is 0.493 e. The Morgan fingerprint density at radius 3 is 2.44 bits per heavy atom. The van der Waals surface area contributed by atoms with Crippen LogP contribution in [-0.4, -0.2) is 57.8 Å². The maximum absolute atomic E-state index is 13.0. The number of nitrogens with zero attached hydrogens (tertiary/aromatic N) is 1. The number of hydrogen-bond acceptors (Lipinski definition) is 6. The Labute approximate surface area is 202 Å². The van der Waals surface area contributed by atoms with Crippen molar-refractivity contribution in [1.29, 1.82) is 0 Å². The molecule has 0 aliphatic heterocycles. The van der Waals surface area contributed by atoms with E-state index in [9.17, 15) is 18.0 Å². The lowest BCUT2D eigenvalue weighted by Gasteiger charge is -2.28. The van der Waals surface area contributed by atoms with Crippen molar-refractivity contribution in [2.45, 2.75) is 44.2 Å². The molecule has 0 radical (unpaired) electrons. The van der Waals surface area contributed by atoms with Crippen LogP contribution >= 0.6 is 0 Å². The summed E-state index contributed by atoms with van der Waals surface area (Å²) in [7, 11) is -1.63. The van der Waals surface area contributed by atoms with E-state index in [4.69, 9.17) is 9.47 Å². The predicted molar refractivity (Wildman–Crippen MR) is 130 cm³/mol. The van der Waals surface area contributed by atoms with Gasteiger partial charge in [-0.1, -0.05) is 56.7 Å². The van der Waals surface area contributed by atoms with Crippen molar-refractivity contribution in [1.82, 2.24) is 10.2 Å². The first-order valence-corrected chi connectivity index (χ1v) is 13.2. The molecule has 34 heavy (non-hydrogen) atoms. The molecule has 0 saturated carbocycles. The number of carbonyl (C=O) groups is 2. The molecular weight excluding hydrogens is 456 g/mol. The Morgan fingerprint density at radius 1 is 1.09 bits per heavy atom. The van der Waals surface area contributed by atoms with E-state index >= 15 is 0 Å². The zero-order valence-electron chi connectivity index (χ0n) is 20.2. The molecule has 9 heteroatoms. The maximum atomic E-state index is 13.0. The molecule has 2 amide bonds. The summed E-state index contributed by atoms with van der Waals surface area (Å²) in [6, 6.07) is 14.9. The van der Waals surface area contributed by atoms with Crippen LogP contribution in [0.25, 0.3) is 0 Å². The number of nitrogens with one attached hydrogen (secondary N) is 1. The number of benzene rings is 2. The Morgan fingerprint density at radius 2 is 1.79 bits per heavy atom. The highest BCUT2D eigenvalue weighted by atomic mass is 32.2. The molecule has 2 aromatic carbocycles. The van der Waals surface area contributed by atoms with Crippen LogP contribution in [0.3, 0.4) is 0 Å². The van der Waals surface area contributed by atoms with Crippen LogP contribution in [0.1, 0.15) is 32.3 Å². The number of hydrogen-bond donors (Lipinski definition) is 1. The number of rotatable bonds is 12. The Balaban J connectivity index is 1.85. The van der Waals surface area contributed by atoms with Gasteiger partial charge in [-0.25, -0.2) is 13.2 Å². The second-order valence-corrected chi connectivity index (χ2v) is 10.3. The van der Waals surface area contributed by atoms with E-state index in [1.165, 1.54) is 12.1 Å². The van der Waals surface area contributed by atoms with Gasteiger partial charge in [-0.2, -0.15) is 0 Å². The van der Waals surface area contributed by atoms with E-state index in [1.807, 2.05) is 44.2 Å². The number of ether oxygens (including phenoxy) is 2. The highest BCUT2D eigenvalue weighted by Crippen LogP contribution is 2.17. The van der Waals surface area contributed by atoms with Crippen LogP contribution in [0.15, 0.2) is 59.5 Å². The van der Waals surface area contributed by atoms with Crippen LogP contribution in [-0.2, 0) is 26.0 Å². The summed E-state index contributed by atoms with van der Waals surface area (Å²) in [6.45, 7) is 4.72. The van der Waals surface area contributed by atoms with Crippen LogP contribution < -0.4 is 10.1 Å². The molecule has 186 valence electrons. The molecule has 0 fully saturated rings. The second kappa shape index (κ2) is 13.0. The van der Waals surface area contributed by atoms with E-state index in [2.05, 4.69) is 5.32 Å². The molecule has 0 unspecified atom stereocenters. The van der Waals surface area contributed by atoms with E-state index in [1.54, 1.807) is 24.1 Å². The minimum absolute atomic E-state index is 0.0748. The van der Waals surface area contributed by atoms with Gasteiger partial charge in [0.1, 0.15) is 18.4 Å². The summed E-state index contributed by atoms with van der Waals surface area (Å²) in [5.74, 6) is 0.177. The van der Waals surface area contributed by atoms with Gasteiger partial charge < -0.3 is 19.7 Å². The van der Waals surface area contributed by atoms with Crippen LogP contribution in [0, 0.1) is 5.92 Å². The number of carbonyl (C=O) groups excluding carboxylic acids is 2. The number of amides is 2. The molecule has 0 heterocycles.